The predicted molar refractivity (Wildman–Crippen MR) is 95.2 cm³/mol. The molecule has 2 rings (SSSR count). The summed E-state index contributed by atoms with van der Waals surface area (Å²) in [5, 5.41) is 4.14. The summed E-state index contributed by atoms with van der Waals surface area (Å²) in [6.45, 7) is 0.935. The Bertz CT molecular complexity index is 485. The molecule has 0 bridgehead atoms. The molecule has 1 aliphatic rings. The molecule has 0 aliphatic heterocycles. The van der Waals surface area contributed by atoms with Crippen molar-refractivity contribution < 1.29 is 0 Å². The molecule has 0 spiro atoms. The van der Waals surface area contributed by atoms with E-state index in [0.717, 1.165) is 17.8 Å². The van der Waals surface area contributed by atoms with Gasteiger partial charge in [0.15, 0.2) is 0 Å². The van der Waals surface area contributed by atoms with Gasteiger partial charge in [-0.2, -0.15) is 11.8 Å². The van der Waals surface area contributed by atoms with Crippen LogP contribution in [0.4, 0.5) is 5.69 Å². The van der Waals surface area contributed by atoms with E-state index in [2.05, 4.69) is 11.6 Å². The molecule has 0 saturated heterocycles. The van der Waals surface area contributed by atoms with Crippen molar-refractivity contribution in [2.75, 3.05) is 18.1 Å². The van der Waals surface area contributed by atoms with Gasteiger partial charge in [0, 0.05) is 17.0 Å². The van der Waals surface area contributed by atoms with Crippen molar-refractivity contribution in [3.05, 3.63) is 28.8 Å². The van der Waals surface area contributed by atoms with Crippen LogP contribution in [0, 0.1) is 0 Å². The highest BCUT2D eigenvalue weighted by Crippen LogP contribution is 2.39. The molecular formula is C15H21ClN2S2. The number of hydrogen-bond donors (Lipinski definition) is 2. The molecule has 1 aliphatic carbocycles. The average molecular weight is 329 g/mol. The maximum absolute atomic E-state index is 6.20. The summed E-state index contributed by atoms with van der Waals surface area (Å²) in [5.74, 6) is 0. The number of nitrogens with two attached hydrogens (primary N) is 1. The largest absolute Gasteiger partial charge is 0.389 e. The molecule has 2 nitrogen and oxygen atoms in total. The minimum Gasteiger partial charge on any atom is -0.389 e. The fourth-order valence-corrected chi connectivity index (χ4v) is 4.29. The number of thiocarbonyl (C=S) groups is 1. The molecule has 0 radical (unpaired) electrons. The van der Waals surface area contributed by atoms with E-state index in [1.807, 2.05) is 30.0 Å². The maximum atomic E-state index is 6.20. The van der Waals surface area contributed by atoms with E-state index in [0.29, 0.717) is 14.8 Å². The minimum atomic E-state index is 0.327. The van der Waals surface area contributed by atoms with Gasteiger partial charge < -0.3 is 11.1 Å². The van der Waals surface area contributed by atoms with Gasteiger partial charge in [0.1, 0.15) is 4.99 Å². The monoisotopic (exact) mass is 328 g/mol. The zero-order chi connectivity index (χ0) is 14.6. The topological polar surface area (TPSA) is 38.0 Å². The summed E-state index contributed by atoms with van der Waals surface area (Å²) in [7, 11) is 0. The van der Waals surface area contributed by atoms with Crippen molar-refractivity contribution in [3.63, 3.8) is 0 Å². The van der Waals surface area contributed by atoms with E-state index in [1.165, 1.54) is 32.1 Å². The molecule has 1 saturated carbocycles. The van der Waals surface area contributed by atoms with Crippen molar-refractivity contribution in [2.24, 2.45) is 5.73 Å². The Kier molecular flexibility index (Phi) is 5.58. The number of nitrogens with one attached hydrogen (secondary N) is 1. The molecule has 20 heavy (non-hydrogen) atoms. The van der Waals surface area contributed by atoms with E-state index >= 15 is 0 Å². The van der Waals surface area contributed by atoms with Crippen LogP contribution in [0.1, 0.15) is 37.7 Å². The van der Waals surface area contributed by atoms with E-state index in [4.69, 9.17) is 29.6 Å². The van der Waals surface area contributed by atoms with Crippen LogP contribution < -0.4 is 11.1 Å². The van der Waals surface area contributed by atoms with Crippen LogP contribution in [0.3, 0.4) is 0 Å². The average Bonchev–Trinajstić information content (AvgIpc) is 2.45. The second kappa shape index (κ2) is 7.01. The molecule has 0 amide bonds. The molecule has 0 unspecified atom stereocenters. The first-order valence-electron chi connectivity index (χ1n) is 6.95. The third kappa shape index (κ3) is 3.60. The summed E-state index contributed by atoms with van der Waals surface area (Å²) in [4.78, 5) is 0.347. The SMILES string of the molecule is CSC1(CNc2cccc(Cl)c2C(N)=S)CCCCC1. The summed E-state index contributed by atoms with van der Waals surface area (Å²) in [5.41, 5.74) is 7.50. The summed E-state index contributed by atoms with van der Waals surface area (Å²) in [6.07, 6.45) is 8.74. The Balaban J connectivity index is 2.14. The predicted octanol–water partition coefficient (Wildman–Crippen LogP) is 4.45. The zero-order valence-corrected chi connectivity index (χ0v) is 14.1. The number of anilines is 1. The number of rotatable bonds is 5. The standard InChI is InChI=1S/C15H21ClN2S2/c1-20-15(8-3-2-4-9-15)10-18-12-7-5-6-11(16)13(12)14(17)19/h5-7,18H,2-4,8-10H2,1H3,(H2,17,19). The Labute approximate surface area is 135 Å². The van der Waals surface area contributed by atoms with Crippen LogP contribution in [0.2, 0.25) is 5.02 Å². The molecule has 1 aromatic rings. The van der Waals surface area contributed by atoms with Gasteiger partial charge in [0.25, 0.3) is 0 Å². The summed E-state index contributed by atoms with van der Waals surface area (Å²) >= 11 is 13.3. The third-order valence-electron chi connectivity index (χ3n) is 4.06. The van der Waals surface area contributed by atoms with Crippen molar-refractivity contribution >= 4 is 46.3 Å². The molecule has 3 N–H and O–H groups in total. The first kappa shape index (κ1) is 15.9. The van der Waals surface area contributed by atoms with Crippen molar-refractivity contribution in [1.29, 1.82) is 0 Å². The van der Waals surface area contributed by atoms with Crippen LogP contribution in [0.5, 0.6) is 0 Å². The van der Waals surface area contributed by atoms with Gasteiger partial charge in [0.2, 0.25) is 0 Å². The van der Waals surface area contributed by atoms with Crippen LogP contribution in [0.15, 0.2) is 18.2 Å². The van der Waals surface area contributed by atoms with Gasteiger partial charge in [0.05, 0.1) is 10.6 Å². The molecule has 110 valence electrons. The Hall–Kier alpha value is -0.450. The van der Waals surface area contributed by atoms with Gasteiger partial charge in [-0.3, -0.25) is 0 Å². The van der Waals surface area contributed by atoms with Gasteiger partial charge in [-0.05, 0) is 31.2 Å². The smallest absolute Gasteiger partial charge is 0.107 e. The number of halogens is 1. The second-order valence-corrected chi connectivity index (χ2v) is 7.45. The van der Waals surface area contributed by atoms with Crippen molar-refractivity contribution in [3.8, 4) is 0 Å². The number of hydrogen-bond acceptors (Lipinski definition) is 3. The molecule has 0 atom stereocenters. The first-order valence-corrected chi connectivity index (χ1v) is 8.96. The fraction of sp³-hybridized carbons (Fsp3) is 0.533. The van der Waals surface area contributed by atoms with Gasteiger partial charge in [-0.25, -0.2) is 0 Å². The molecule has 1 fully saturated rings. The summed E-state index contributed by atoms with van der Waals surface area (Å²) < 4.78 is 0.327. The molecule has 0 aromatic heterocycles. The van der Waals surface area contributed by atoms with Gasteiger partial charge in [-0.1, -0.05) is 49.1 Å². The Morgan fingerprint density at radius 3 is 2.70 bits per heavy atom. The number of thioether (sulfide) groups is 1. The molecular weight excluding hydrogens is 308 g/mol. The molecule has 0 heterocycles. The van der Waals surface area contributed by atoms with E-state index < -0.39 is 0 Å². The van der Waals surface area contributed by atoms with E-state index in [9.17, 15) is 0 Å². The highest BCUT2D eigenvalue weighted by molar-refractivity contribution is 8.00. The quantitative estimate of drug-likeness (QED) is 0.783. The van der Waals surface area contributed by atoms with E-state index in [1.54, 1.807) is 0 Å². The lowest BCUT2D eigenvalue weighted by molar-refractivity contribution is 0.411. The van der Waals surface area contributed by atoms with E-state index in [-0.39, 0.29) is 0 Å². The van der Waals surface area contributed by atoms with Crippen LogP contribution in [-0.2, 0) is 0 Å². The van der Waals surface area contributed by atoms with Crippen LogP contribution in [-0.4, -0.2) is 22.5 Å². The molecule has 5 heteroatoms. The normalized spacial score (nSPS) is 17.7. The van der Waals surface area contributed by atoms with Gasteiger partial charge >= 0.3 is 0 Å². The minimum absolute atomic E-state index is 0.327. The van der Waals surface area contributed by atoms with Crippen LogP contribution in [0.25, 0.3) is 0 Å². The first-order chi connectivity index (χ1) is 9.58. The van der Waals surface area contributed by atoms with Crippen molar-refractivity contribution in [1.82, 2.24) is 0 Å². The highest BCUT2D eigenvalue weighted by Gasteiger charge is 2.31. The van der Waals surface area contributed by atoms with Crippen LogP contribution >= 0.6 is 35.6 Å². The molecule has 1 aromatic carbocycles. The summed E-state index contributed by atoms with van der Waals surface area (Å²) in [6, 6.07) is 5.75. The fourth-order valence-electron chi connectivity index (χ4n) is 2.83. The maximum Gasteiger partial charge on any atom is 0.107 e. The Morgan fingerprint density at radius 2 is 2.10 bits per heavy atom. The Morgan fingerprint density at radius 1 is 1.40 bits per heavy atom. The lowest BCUT2D eigenvalue weighted by atomic mass is 9.88. The second-order valence-electron chi connectivity index (χ2n) is 5.33. The third-order valence-corrected chi connectivity index (χ3v) is 6.00. The number of benzene rings is 1. The van der Waals surface area contributed by atoms with Gasteiger partial charge in [-0.15, -0.1) is 0 Å². The highest BCUT2D eigenvalue weighted by atomic mass is 35.5. The zero-order valence-electron chi connectivity index (χ0n) is 11.7. The van der Waals surface area contributed by atoms with Crippen molar-refractivity contribution in [2.45, 2.75) is 36.9 Å². The lowest BCUT2D eigenvalue weighted by Crippen LogP contribution is -2.36. The lowest BCUT2D eigenvalue weighted by Gasteiger charge is -2.36.